The molecule has 1 aliphatic carbocycles. The first kappa shape index (κ1) is 12.7. The topological polar surface area (TPSA) is 51.3 Å². The Labute approximate surface area is 117 Å². The number of aromatic nitrogens is 2. The Morgan fingerprint density at radius 2 is 2.45 bits per heavy atom. The number of carbonyl (C=O) groups excluding carboxylic acids is 1. The normalized spacial score (nSPS) is 14.8. The van der Waals surface area contributed by atoms with Crippen molar-refractivity contribution in [3.63, 3.8) is 0 Å². The summed E-state index contributed by atoms with van der Waals surface area (Å²) in [4.78, 5) is 14.2. The van der Waals surface area contributed by atoms with Gasteiger partial charge in [0.05, 0.1) is 19.0 Å². The highest BCUT2D eigenvalue weighted by Crippen LogP contribution is 2.28. The Morgan fingerprint density at radius 1 is 1.60 bits per heavy atom. The molecule has 2 aromatic heterocycles. The van der Waals surface area contributed by atoms with Crippen molar-refractivity contribution < 1.29 is 9.21 Å². The number of rotatable bonds is 5. The summed E-state index contributed by atoms with van der Waals surface area (Å²) < 4.78 is 7.04. The van der Waals surface area contributed by atoms with Crippen molar-refractivity contribution in [3.8, 4) is 0 Å². The van der Waals surface area contributed by atoms with Crippen molar-refractivity contribution in [1.29, 1.82) is 0 Å². The molecule has 5 heteroatoms. The maximum atomic E-state index is 12.3. The van der Waals surface area contributed by atoms with Gasteiger partial charge in [-0.3, -0.25) is 9.48 Å². The molecule has 0 aromatic carbocycles. The van der Waals surface area contributed by atoms with E-state index >= 15 is 0 Å². The number of aryl methyl sites for hydroxylation is 1. The predicted molar refractivity (Wildman–Crippen MR) is 74.5 cm³/mol. The third kappa shape index (κ3) is 2.99. The van der Waals surface area contributed by atoms with Gasteiger partial charge in [0.25, 0.3) is 0 Å². The zero-order valence-corrected chi connectivity index (χ0v) is 11.4. The molecule has 2 aromatic rings. The van der Waals surface area contributed by atoms with Crippen molar-refractivity contribution in [2.75, 3.05) is 0 Å². The van der Waals surface area contributed by atoms with Crippen LogP contribution in [0.25, 0.3) is 6.08 Å². The lowest BCUT2D eigenvalue weighted by Gasteiger charge is -2.19. The van der Waals surface area contributed by atoms with Crippen molar-refractivity contribution in [1.82, 2.24) is 14.7 Å². The van der Waals surface area contributed by atoms with Crippen molar-refractivity contribution in [3.05, 3.63) is 48.2 Å². The second-order valence-corrected chi connectivity index (χ2v) is 5.06. The Bertz CT molecular complexity index is 609. The molecule has 5 nitrogen and oxygen atoms in total. The first-order valence-corrected chi connectivity index (χ1v) is 6.72. The summed E-state index contributed by atoms with van der Waals surface area (Å²) in [5.41, 5.74) is 0.926. The molecule has 0 spiro atoms. The molecule has 1 amide bonds. The van der Waals surface area contributed by atoms with E-state index in [-0.39, 0.29) is 5.91 Å². The third-order valence-electron chi connectivity index (χ3n) is 3.32. The van der Waals surface area contributed by atoms with Crippen LogP contribution >= 0.6 is 0 Å². The number of carbonyl (C=O) groups is 1. The fourth-order valence-electron chi connectivity index (χ4n) is 2.13. The molecule has 20 heavy (non-hydrogen) atoms. The van der Waals surface area contributed by atoms with E-state index in [0.29, 0.717) is 12.6 Å². The van der Waals surface area contributed by atoms with Gasteiger partial charge in [-0.2, -0.15) is 5.10 Å². The predicted octanol–water partition coefficient (Wildman–Crippen LogP) is 2.22. The molecule has 0 saturated heterocycles. The van der Waals surface area contributed by atoms with Crippen molar-refractivity contribution in [2.45, 2.75) is 25.4 Å². The maximum Gasteiger partial charge on any atom is 0.247 e. The van der Waals surface area contributed by atoms with E-state index in [2.05, 4.69) is 5.10 Å². The largest absolute Gasteiger partial charge is 0.467 e. The van der Waals surface area contributed by atoms with Gasteiger partial charge in [0.15, 0.2) is 0 Å². The van der Waals surface area contributed by atoms with E-state index in [4.69, 9.17) is 4.42 Å². The minimum absolute atomic E-state index is 0.0211. The number of hydrogen-bond acceptors (Lipinski definition) is 3. The fraction of sp³-hybridized carbons (Fsp3) is 0.333. The Kier molecular flexibility index (Phi) is 3.41. The highest BCUT2D eigenvalue weighted by atomic mass is 16.3. The molecule has 0 aliphatic heterocycles. The maximum absolute atomic E-state index is 12.3. The van der Waals surface area contributed by atoms with Crippen molar-refractivity contribution >= 4 is 12.0 Å². The van der Waals surface area contributed by atoms with Crippen LogP contribution in [0.1, 0.15) is 24.2 Å². The summed E-state index contributed by atoms with van der Waals surface area (Å²) >= 11 is 0. The van der Waals surface area contributed by atoms with Gasteiger partial charge in [0.1, 0.15) is 5.76 Å². The van der Waals surface area contributed by atoms with Crippen LogP contribution < -0.4 is 0 Å². The fourth-order valence-corrected chi connectivity index (χ4v) is 2.13. The second kappa shape index (κ2) is 5.36. The monoisotopic (exact) mass is 271 g/mol. The minimum Gasteiger partial charge on any atom is -0.467 e. The van der Waals surface area contributed by atoms with E-state index in [0.717, 1.165) is 24.2 Å². The quantitative estimate of drug-likeness (QED) is 0.783. The third-order valence-corrected chi connectivity index (χ3v) is 3.32. The molecule has 3 rings (SSSR count). The molecular formula is C15H17N3O2. The Hall–Kier alpha value is -2.30. The lowest BCUT2D eigenvalue weighted by Crippen LogP contribution is -2.30. The molecule has 0 N–H and O–H groups in total. The van der Waals surface area contributed by atoms with Crippen LogP contribution in [-0.2, 0) is 18.4 Å². The van der Waals surface area contributed by atoms with E-state index in [1.807, 2.05) is 30.3 Å². The van der Waals surface area contributed by atoms with E-state index in [9.17, 15) is 4.79 Å². The Morgan fingerprint density at radius 3 is 3.05 bits per heavy atom. The van der Waals surface area contributed by atoms with Gasteiger partial charge in [0.2, 0.25) is 5.91 Å². The van der Waals surface area contributed by atoms with Crippen LogP contribution in [-0.4, -0.2) is 26.6 Å². The van der Waals surface area contributed by atoms with Crippen LogP contribution in [0.4, 0.5) is 0 Å². The zero-order chi connectivity index (χ0) is 13.9. The molecule has 2 heterocycles. The van der Waals surface area contributed by atoms with Crippen LogP contribution in [0.5, 0.6) is 0 Å². The number of furan rings is 1. The molecule has 104 valence electrons. The summed E-state index contributed by atoms with van der Waals surface area (Å²) in [5.74, 6) is 0.841. The first-order valence-electron chi connectivity index (χ1n) is 6.72. The zero-order valence-electron chi connectivity index (χ0n) is 11.4. The van der Waals surface area contributed by atoms with Gasteiger partial charge in [-0.15, -0.1) is 0 Å². The lowest BCUT2D eigenvalue weighted by atomic mass is 10.3. The van der Waals surface area contributed by atoms with Gasteiger partial charge in [-0.05, 0) is 31.1 Å². The van der Waals surface area contributed by atoms with Gasteiger partial charge in [-0.25, -0.2) is 0 Å². The van der Waals surface area contributed by atoms with E-state index in [1.165, 1.54) is 0 Å². The minimum atomic E-state index is 0.0211. The van der Waals surface area contributed by atoms with Crippen LogP contribution in [0.3, 0.4) is 0 Å². The summed E-state index contributed by atoms with van der Waals surface area (Å²) in [6.07, 6.45) is 10.8. The molecule has 0 unspecified atom stereocenters. The highest BCUT2D eigenvalue weighted by Gasteiger charge is 2.32. The van der Waals surface area contributed by atoms with Crippen LogP contribution in [0, 0.1) is 0 Å². The van der Waals surface area contributed by atoms with E-state index in [1.54, 1.807) is 29.3 Å². The number of amides is 1. The first-order chi connectivity index (χ1) is 9.72. The average Bonchev–Trinajstić information content (AvgIpc) is 2.97. The molecule has 1 saturated carbocycles. The lowest BCUT2D eigenvalue weighted by molar-refractivity contribution is -0.127. The molecule has 0 radical (unpaired) electrons. The molecular weight excluding hydrogens is 254 g/mol. The van der Waals surface area contributed by atoms with Crippen molar-refractivity contribution in [2.24, 2.45) is 7.05 Å². The van der Waals surface area contributed by atoms with Gasteiger partial charge in [0, 0.05) is 30.9 Å². The van der Waals surface area contributed by atoms with E-state index < -0.39 is 0 Å². The standard InChI is InChI=1S/C15H17N3O2/c1-17-10-12(9-16-17)4-7-15(19)18(13-5-6-13)11-14-3-2-8-20-14/h2-4,7-10,13H,5-6,11H2,1H3. The SMILES string of the molecule is Cn1cc(C=CC(=O)N(Cc2ccco2)C2CC2)cn1. The smallest absolute Gasteiger partial charge is 0.247 e. The molecule has 0 atom stereocenters. The summed E-state index contributed by atoms with van der Waals surface area (Å²) in [7, 11) is 1.85. The molecule has 0 bridgehead atoms. The van der Waals surface area contributed by atoms with Crippen LogP contribution in [0.15, 0.2) is 41.3 Å². The average molecular weight is 271 g/mol. The summed E-state index contributed by atoms with van der Waals surface area (Å²) in [6, 6.07) is 4.09. The number of nitrogens with zero attached hydrogens (tertiary/aromatic N) is 3. The van der Waals surface area contributed by atoms with Crippen LogP contribution in [0.2, 0.25) is 0 Å². The summed E-state index contributed by atoms with van der Waals surface area (Å²) in [5, 5.41) is 4.07. The highest BCUT2D eigenvalue weighted by molar-refractivity contribution is 5.92. The Balaban J connectivity index is 1.68. The van der Waals surface area contributed by atoms with Gasteiger partial charge < -0.3 is 9.32 Å². The second-order valence-electron chi connectivity index (χ2n) is 5.06. The molecule has 1 aliphatic rings. The van der Waals surface area contributed by atoms with Gasteiger partial charge in [-0.1, -0.05) is 0 Å². The molecule has 1 fully saturated rings. The summed E-state index contributed by atoms with van der Waals surface area (Å²) in [6.45, 7) is 0.536. The number of hydrogen-bond donors (Lipinski definition) is 0. The van der Waals surface area contributed by atoms with Gasteiger partial charge >= 0.3 is 0 Å².